The smallest absolute Gasteiger partial charge is 0.190 e. The molecule has 0 aliphatic rings. The number of hydrogen-bond donors (Lipinski definition) is 1. The van der Waals surface area contributed by atoms with Crippen molar-refractivity contribution in [2.24, 2.45) is 15.5 Å². The van der Waals surface area contributed by atoms with E-state index in [1.165, 1.54) is 12.1 Å². The first-order valence-electron chi connectivity index (χ1n) is 7.99. The average molecular weight is 339 g/mol. The van der Waals surface area contributed by atoms with Gasteiger partial charge in [-0.1, -0.05) is 51.1 Å². The van der Waals surface area contributed by atoms with Crippen LogP contribution in [0.1, 0.15) is 26.3 Å². The van der Waals surface area contributed by atoms with Gasteiger partial charge in [-0.15, -0.1) is 0 Å². The summed E-state index contributed by atoms with van der Waals surface area (Å²) in [6.07, 6.45) is 0. The molecule has 0 fully saturated rings. The summed E-state index contributed by atoms with van der Waals surface area (Å²) >= 11 is 0. The van der Waals surface area contributed by atoms with Gasteiger partial charge in [-0.05, 0) is 24.3 Å². The van der Waals surface area contributed by atoms with Crippen molar-refractivity contribution in [3.63, 3.8) is 0 Å². The van der Waals surface area contributed by atoms with E-state index < -0.39 is 5.41 Å². The Morgan fingerprint density at radius 1 is 1.00 bits per heavy atom. The van der Waals surface area contributed by atoms with E-state index >= 15 is 0 Å². The number of carbonyl (C=O) groups is 1. The van der Waals surface area contributed by atoms with Crippen LogP contribution >= 0.6 is 0 Å². The van der Waals surface area contributed by atoms with E-state index in [9.17, 15) is 9.18 Å². The maximum Gasteiger partial charge on any atom is 0.190 e. The zero-order valence-corrected chi connectivity index (χ0v) is 14.9. The van der Waals surface area contributed by atoms with Gasteiger partial charge in [0.2, 0.25) is 0 Å². The largest absolute Gasteiger partial charge is 0.292 e. The number of ketones is 1. The molecule has 2 aromatic carbocycles. The van der Waals surface area contributed by atoms with Gasteiger partial charge in [0.05, 0.1) is 11.4 Å². The van der Waals surface area contributed by atoms with Gasteiger partial charge in [-0.2, -0.15) is 5.10 Å². The van der Waals surface area contributed by atoms with Gasteiger partial charge in [-0.25, -0.2) is 4.39 Å². The maximum absolute atomic E-state index is 13.0. The lowest BCUT2D eigenvalue weighted by atomic mass is 9.85. The number of Topliss-reactive ketones (excluding diaryl/α,β-unsaturated/α-hetero) is 1. The molecule has 0 aliphatic carbocycles. The van der Waals surface area contributed by atoms with Crippen molar-refractivity contribution < 1.29 is 9.18 Å². The summed E-state index contributed by atoms with van der Waals surface area (Å²) < 4.78 is 13.0. The first kappa shape index (κ1) is 18.5. The van der Waals surface area contributed by atoms with Crippen molar-refractivity contribution in [3.05, 3.63) is 66.0 Å². The third-order valence-corrected chi connectivity index (χ3v) is 3.53. The lowest BCUT2D eigenvalue weighted by Crippen LogP contribution is -2.35. The highest BCUT2D eigenvalue weighted by atomic mass is 19.1. The highest BCUT2D eigenvalue weighted by molar-refractivity contribution is 6.71. The summed E-state index contributed by atoms with van der Waals surface area (Å²) in [6.45, 7) is 5.50. The summed E-state index contributed by atoms with van der Waals surface area (Å²) in [5.74, 6) is -0.466. The number of carbonyl (C=O) groups excluding carboxylic acids is 1. The lowest BCUT2D eigenvalue weighted by molar-refractivity contribution is -0.119. The Morgan fingerprint density at radius 2 is 1.60 bits per heavy atom. The van der Waals surface area contributed by atoms with Crippen molar-refractivity contribution in [2.75, 3.05) is 12.5 Å². The maximum atomic E-state index is 13.0. The zero-order chi connectivity index (χ0) is 18.4. The molecule has 0 radical (unpaired) electrons. The van der Waals surface area contributed by atoms with Crippen molar-refractivity contribution in [1.82, 2.24) is 0 Å². The Labute approximate surface area is 147 Å². The third kappa shape index (κ3) is 4.83. The molecule has 5 heteroatoms. The van der Waals surface area contributed by atoms with Crippen LogP contribution in [0.4, 0.5) is 10.1 Å². The number of aliphatic imine (C=N–C) groups is 1. The van der Waals surface area contributed by atoms with E-state index in [2.05, 4.69) is 15.5 Å². The minimum atomic E-state index is -0.617. The quantitative estimate of drug-likeness (QED) is 0.651. The summed E-state index contributed by atoms with van der Waals surface area (Å²) in [5, 5.41) is 4.30. The molecule has 25 heavy (non-hydrogen) atoms. The molecule has 0 heterocycles. The standard InChI is InChI=1S/C20H22FN3O/c1-20(2,3)19(25)18(17(22-4)14-8-6-5-7-9-14)24-23-16-12-10-15(21)11-13-16/h5-13,23H,1-4H3/b22-17?,24-18-. The van der Waals surface area contributed by atoms with Gasteiger partial charge in [0, 0.05) is 18.0 Å². The predicted molar refractivity (Wildman–Crippen MR) is 101 cm³/mol. The number of hydrazone groups is 1. The molecule has 0 aliphatic heterocycles. The van der Waals surface area contributed by atoms with Gasteiger partial charge < -0.3 is 0 Å². The number of rotatable bonds is 5. The van der Waals surface area contributed by atoms with Crippen LogP contribution in [0.25, 0.3) is 0 Å². The van der Waals surface area contributed by atoms with Crippen LogP contribution in [-0.2, 0) is 4.79 Å². The Balaban J connectivity index is 2.44. The summed E-state index contributed by atoms with van der Waals surface area (Å²) in [4.78, 5) is 17.2. The minimum Gasteiger partial charge on any atom is -0.292 e. The Bertz CT molecular complexity index is 788. The summed E-state index contributed by atoms with van der Waals surface area (Å²) in [6, 6.07) is 15.2. The normalized spacial score (nSPS) is 12.8. The fourth-order valence-electron chi connectivity index (χ4n) is 2.18. The van der Waals surface area contributed by atoms with Crippen molar-refractivity contribution >= 4 is 22.9 Å². The van der Waals surface area contributed by atoms with Gasteiger partial charge >= 0.3 is 0 Å². The molecular weight excluding hydrogens is 317 g/mol. The molecule has 2 rings (SSSR count). The minimum absolute atomic E-state index is 0.133. The van der Waals surface area contributed by atoms with Gasteiger partial charge in [0.25, 0.3) is 0 Å². The lowest BCUT2D eigenvalue weighted by Gasteiger charge is -2.19. The van der Waals surface area contributed by atoms with E-state index in [-0.39, 0.29) is 17.3 Å². The fraction of sp³-hybridized carbons (Fsp3) is 0.250. The van der Waals surface area contributed by atoms with Crippen LogP contribution in [0, 0.1) is 11.2 Å². The molecule has 0 saturated carbocycles. The van der Waals surface area contributed by atoms with E-state index in [0.29, 0.717) is 11.4 Å². The van der Waals surface area contributed by atoms with Crippen LogP contribution in [0.2, 0.25) is 0 Å². The second kappa shape index (κ2) is 7.83. The highest BCUT2D eigenvalue weighted by Crippen LogP contribution is 2.18. The van der Waals surface area contributed by atoms with E-state index in [1.807, 2.05) is 51.1 Å². The number of halogens is 1. The van der Waals surface area contributed by atoms with Gasteiger partial charge in [0.1, 0.15) is 5.82 Å². The third-order valence-electron chi connectivity index (χ3n) is 3.53. The molecule has 4 nitrogen and oxygen atoms in total. The highest BCUT2D eigenvalue weighted by Gasteiger charge is 2.30. The predicted octanol–water partition coefficient (Wildman–Crippen LogP) is 4.33. The van der Waals surface area contributed by atoms with E-state index in [0.717, 1.165) is 5.56 Å². The number of nitrogens with zero attached hydrogens (tertiary/aromatic N) is 2. The zero-order valence-electron chi connectivity index (χ0n) is 14.9. The second-order valence-electron chi connectivity index (χ2n) is 6.60. The van der Waals surface area contributed by atoms with Crippen molar-refractivity contribution in [3.8, 4) is 0 Å². The van der Waals surface area contributed by atoms with Crippen LogP contribution < -0.4 is 5.43 Å². The fourth-order valence-corrected chi connectivity index (χ4v) is 2.18. The molecule has 0 atom stereocenters. The van der Waals surface area contributed by atoms with Crippen LogP contribution in [0.15, 0.2) is 64.7 Å². The van der Waals surface area contributed by atoms with Gasteiger partial charge in [-0.3, -0.25) is 15.2 Å². The molecular formula is C20H22FN3O. The number of benzene rings is 2. The molecule has 0 bridgehead atoms. The SMILES string of the molecule is CN=C(/C(=N/Nc1ccc(F)cc1)C(=O)C(C)(C)C)c1ccccc1. The monoisotopic (exact) mass is 339 g/mol. The molecule has 0 saturated heterocycles. The summed E-state index contributed by atoms with van der Waals surface area (Å²) in [5.41, 5.74) is 4.36. The second-order valence-corrected chi connectivity index (χ2v) is 6.60. The number of anilines is 1. The number of hydrogen-bond acceptors (Lipinski definition) is 4. The topological polar surface area (TPSA) is 53.8 Å². The van der Waals surface area contributed by atoms with Crippen LogP contribution in [0.3, 0.4) is 0 Å². The van der Waals surface area contributed by atoms with Crippen LogP contribution in [0.5, 0.6) is 0 Å². The Hall–Kier alpha value is -2.82. The molecule has 0 spiro atoms. The molecule has 1 N–H and O–H groups in total. The van der Waals surface area contributed by atoms with E-state index in [1.54, 1.807) is 19.2 Å². The van der Waals surface area contributed by atoms with Gasteiger partial charge in [0.15, 0.2) is 11.5 Å². The summed E-state index contributed by atoms with van der Waals surface area (Å²) in [7, 11) is 1.63. The van der Waals surface area contributed by atoms with Crippen molar-refractivity contribution in [1.29, 1.82) is 0 Å². The molecule has 0 unspecified atom stereocenters. The first-order chi connectivity index (χ1) is 11.8. The van der Waals surface area contributed by atoms with Crippen molar-refractivity contribution in [2.45, 2.75) is 20.8 Å². The van der Waals surface area contributed by atoms with E-state index in [4.69, 9.17) is 0 Å². The molecule has 0 aromatic heterocycles. The molecule has 2 aromatic rings. The first-order valence-corrected chi connectivity index (χ1v) is 7.99. The van der Waals surface area contributed by atoms with Crippen LogP contribution in [-0.4, -0.2) is 24.3 Å². The Morgan fingerprint density at radius 3 is 2.12 bits per heavy atom. The molecule has 0 amide bonds. The molecule has 130 valence electrons. The average Bonchev–Trinajstić information content (AvgIpc) is 2.59. The number of nitrogens with one attached hydrogen (secondary N) is 1. The Kier molecular flexibility index (Phi) is 5.80.